The Kier molecular flexibility index (Phi) is 6.33. The number of sulfonamides is 1. The maximum atomic E-state index is 12.3. The summed E-state index contributed by atoms with van der Waals surface area (Å²) in [7, 11) is -2.13. The quantitative estimate of drug-likeness (QED) is 0.748. The molecule has 0 saturated carbocycles. The van der Waals surface area contributed by atoms with E-state index in [2.05, 4.69) is 5.32 Å². The Hall–Kier alpha value is -2.19. The van der Waals surface area contributed by atoms with E-state index in [1.807, 2.05) is 24.5 Å². The molecule has 0 heterocycles. The van der Waals surface area contributed by atoms with Gasteiger partial charge in [0.25, 0.3) is 0 Å². The zero-order valence-corrected chi connectivity index (χ0v) is 15.9. The molecule has 0 aromatic heterocycles. The number of nitrogens with zero attached hydrogens (tertiary/aromatic N) is 1. The van der Waals surface area contributed by atoms with Gasteiger partial charge in [0.15, 0.2) is 0 Å². The molecule has 8 heteroatoms. The van der Waals surface area contributed by atoms with Crippen LogP contribution in [-0.2, 0) is 14.8 Å². The zero-order chi connectivity index (χ0) is 18.4. The molecule has 0 fully saturated rings. The van der Waals surface area contributed by atoms with Gasteiger partial charge in [-0.15, -0.1) is 11.8 Å². The van der Waals surface area contributed by atoms with E-state index in [4.69, 9.17) is 4.74 Å². The largest absolute Gasteiger partial charge is 0.497 e. The zero-order valence-electron chi connectivity index (χ0n) is 14.2. The second-order valence-electron chi connectivity index (χ2n) is 5.25. The fourth-order valence-corrected chi connectivity index (χ4v) is 3.51. The van der Waals surface area contributed by atoms with Gasteiger partial charge in [-0.25, -0.2) is 8.42 Å². The summed E-state index contributed by atoms with van der Waals surface area (Å²) in [5.41, 5.74) is 0.991. The van der Waals surface area contributed by atoms with Crippen molar-refractivity contribution in [3.05, 3.63) is 48.5 Å². The van der Waals surface area contributed by atoms with Crippen LogP contribution in [-0.4, -0.2) is 40.5 Å². The Labute approximate surface area is 152 Å². The first kappa shape index (κ1) is 19.1. The first-order valence-electron chi connectivity index (χ1n) is 7.39. The standard InChI is InChI=1S/C17H20N2O4S2/c1-23-15-8-5-7-14(11-15)19(25(3,21)22)12-17(20)18-13-6-4-9-16(10-13)24-2/h4-11H,12H2,1-3H3,(H,18,20). The lowest BCUT2D eigenvalue weighted by atomic mass is 10.3. The van der Waals surface area contributed by atoms with Crippen LogP contribution in [0.1, 0.15) is 0 Å². The number of hydrogen-bond donors (Lipinski definition) is 1. The summed E-state index contributed by atoms with van der Waals surface area (Å²) in [5, 5.41) is 2.73. The van der Waals surface area contributed by atoms with Gasteiger partial charge in [0.05, 0.1) is 19.1 Å². The molecule has 6 nitrogen and oxygen atoms in total. The summed E-state index contributed by atoms with van der Waals surface area (Å²) in [5.74, 6) is 0.0886. The molecular formula is C17H20N2O4S2. The second-order valence-corrected chi connectivity index (χ2v) is 8.04. The molecule has 0 unspecified atom stereocenters. The van der Waals surface area contributed by atoms with Crippen molar-refractivity contribution < 1.29 is 17.9 Å². The van der Waals surface area contributed by atoms with Crippen molar-refractivity contribution in [1.29, 1.82) is 0 Å². The minimum absolute atomic E-state index is 0.324. The predicted molar refractivity (Wildman–Crippen MR) is 102 cm³/mol. The SMILES string of the molecule is COc1cccc(N(CC(=O)Nc2cccc(SC)c2)S(C)(=O)=O)c1. The van der Waals surface area contributed by atoms with E-state index in [1.54, 1.807) is 42.1 Å². The van der Waals surface area contributed by atoms with Crippen LogP contribution in [0, 0.1) is 0 Å². The number of nitrogens with one attached hydrogen (secondary N) is 1. The van der Waals surface area contributed by atoms with Gasteiger partial charge in [0.2, 0.25) is 15.9 Å². The minimum Gasteiger partial charge on any atom is -0.497 e. The predicted octanol–water partition coefficient (Wildman–Crippen LogP) is 2.82. The lowest BCUT2D eigenvalue weighted by Gasteiger charge is -2.22. The molecule has 25 heavy (non-hydrogen) atoms. The second kappa shape index (κ2) is 8.26. The van der Waals surface area contributed by atoms with E-state index < -0.39 is 15.9 Å². The lowest BCUT2D eigenvalue weighted by molar-refractivity contribution is -0.114. The highest BCUT2D eigenvalue weighted by molar-refractivity contribution is 7.98. The van der Waals surface area contributed by atoms with Gasteiger partial charge in [-0.3, -0.25) is 9.10 Å². The summed E-state index contributed by atoms with van der Waals surface area (Å²) in [6, 6.07) is 13.9. The smallest absolute Gasteiger partial charge is 0.245 e. The van der Waals surface area contributed by atoms with Crippen molar-refractivity contribution in [2.45, 2.75) is 4.90 Å². The van der Waals surface area contributed by atoms with Crippen LogP contribution in [0.25, 0.3) is 0 Å². The third-order valence-electron chi connectivity index (χ3n) is 3.38. The molecule has 0 aliphatic carbocycles. The van der Waals surface area contributed by atoms with E-state index in [1.165, 1.54) is 7.11 Å². The van der Waals surface area contributed by atoms with Gasteiger partial charge in [-0.1, -0.05) is 12.1 Å². The van der Waals surface area contributed by atoms with Crippen molar-refractivity contribution in [3.63, 3.8) is 0 Å². The Morgan fingerprint density at radius 1 is 1.20 bits per heavy atom. The van der Waals surface area contributed by atoms with Crippen LogP contribution in [0.4, 0.5) is 11.4 Å². The van der Waals surface area contributed by atoms with Crippen molar-refractivity contribution in [1.82, 2.24) is 0 Å². The normalized spacial score (nSPS) is 11.0. The molecule has 0 radical (unpaired) electrons. The number of hydrogen-bond acceptors (Lipinski definition) is 5. The van der Waals surface area contributed by atoms with Crippen LogP contribution in [0.15, 0.2) is 53.4 Å². The average Bonchev–Trinajstić information content (AvgIpc) is 2.59. The topological polar surface area (TPSA) is 75.7 Å². The fraction of sp³-hybridized carbons (Fsp3) is 0.235. The van der Waals surface area contributed by atoms with E-state index >= 15 is 0 Å². The summed E-state index contributed by atoms with van der Waals surface area (Å²) in [6.45, 7) is -0.324. The molecule has 2 rings (SSSR count). The van der Waals surface area contributed by atoms with E-state index in [-0.39, 0.29) is 6.54 Å². The van der Waals surface area contributed by atoms with Crippen LogP contribution in [0.3, 0.4) is 0 Å². The Bertz CT molecular complexity index is 853. The van der Waals surface area contributed by atoms with E-state index in [0.29, 0.717) is 17.1 Å². The van der Waals surface area contributed by atoms with Gasteiger partial charge < -0.3 is 10.1 Å². The molecule has 0 saturated heterocycles. The van der Waals surface area contributed by atoms with Crippen molar-refractivity contribution in [2.24, 2.45) is 0 Å². The van der Waals surface area contributed by atoms with Gasteiger partial charge in [0, 0.05) is 16.6 Å². The third kappa shape index (κ3) is 5.40. The van der Waals surface area contributed by atoms with Crippen molar-refractivity contribution in [2.75, 3.05) is 35.8 Å². The number of rotatable bonds is 7. The van der Waals surface area contributed by atoms with Crippen molar-refractivity contribution in [3.8, 4) is 5.75 Å². The molecular weight excluding hydrogens is 360 g/mol. The van der Waals surface area contributed by atoms with Crippen molar-refractivity contribution >= 4 is 39.1 Å². The summed E-state index contributed by atoms with van der Waals surface area (Å²) in [6.07, 6.45) is 3.00. The van der Waals surface area contributed by atoms with Gasteiger partial charge in [0.1, 0.15) is 12.3 Å². The first-order chi connectivity index (χ1) is 11.8. The van der Waals surface area contributed by atoms with Gasteiger partial charge in [-0.05, 0) is 36.6 Å². The first-order valence-corrected chi connectivity index (χ1v) is 10.5. The summed E-state index contributed by atoms with van der Waals surface area (Å²) in [4.78, 5) is 13.3. The maximum Gasteiger partial charge on any atom is 0.245 e. The number of amides is 1. The molecule has 0 spiro atoms. The summed E-state index contributed by atoms with van der Waals surface area (Å²) >= 11 is 1.56. The highest BCUT2D eigenvalue weighted by Gasteiger charge is 2.21. The molecule has 2 aromatic rings. The highest BCUT2D eigenvalue weighted by atomic mass is 32.2. The molecule has 2 aromatic carbocycles. The molecule has 1 amide bonds. The Balaban J connectivity index is 2.20. The maximum absolute atomic E-state index is 12.3. The molecule has 1 N–H and O–H groups in total. The number of carbonyl (C=O) groups excluding carboxylic acids is 1. The van der Waals surface area contributed by atoms with Crippen LogP contribution in [0.2, 0.25) is 0 Å². The molecule has 134 valence electrons. The van der Waals surface area contributed by atoms with Gasteiger partial charge >= 0.3 is 0 Å². The molecule has 0 aliphatic rings. The molecule has 0 atom stereocenters. The third-order valence-corrected chi connectivity index (χ3v) is 5.25. The Morgan fingerprint density at radius 2 is 1.92 bits per heavy atom. The highest BCUT2D eigenvalue weighted by Crippen LogP contribution is 2.23. The number of carbonyl (C=O) groups is 1. The number of thioether (sulfide) groups is 1. The van der Waals surface area contributed by atoms with Crippen LogP contribution < -0.4 is 14.4 Å². The molecule has 0 aliphatic heterocycles. The Morgan fingerprint density at radius 3 is 2.56 bits per heavy atom. The fourth-order valence-electron chi connectivity index (χ4n) is 2.20. The number of ether oxygens (including phenoxy) is 1. The number of methoxy groups -OCH3 is 1. The van der Waals surface area contributed by atoms with E-state index in [0.717, 1.165) is 15.5 Å². The lowest BCUT2D eigenvalue weighted by Crippen LogP contribution is -2.37. The monoisotopic (exact) mass is 380 g/mol. The molecule has 0 bridgehead atoms. The van der Waals surface area contributed by atoms with Crippen LogP contribution in [0.5, 0.6) is 5.75 Å². The summed E-state index contributed by atoms with van der Waals surface area (Å²) < 4.78 is 30.4. The van der Waals surface area contributed by atoms with Crippen LogP contribution >= 0.6 is 11.8 Å². The number of anilines is 2. The minimum atomic E-state index is -3.63. The number of benzene rings is 2. The van der Waals surface area contributed by atoms with E-state index in [9.17, 15) is 13.2 Å². The van der Waals surface area contributed by atoms with Gasteiger partial charge in [-0.2, -0.15) is 0 Å². The average molecular weight is 380 g/mol.